The number of nitro benzene ring substituents is 1. The first-order valence-corrected chi connectivity index (χ1v) is 11.4. The highest BCUT2D eigenvalue weighted by atomic mass is 32.2. The second kappa shape index (κ2) is 9.44. The van der Waals surface area contributed by atoms with E-state index in [9.17, 15) is 23.3 Å². The van der Waals surface area contributed by atoms with Gasteiger partial charge in [0.2, 0.25) is 15.7 Å². The quantitative estimate of drug-likeness (QED) is 0.467. The Hall–Kier alpha value is -2.98. The number of nitro groups is 1. The average Bonchev–Trinajstić information content (AvgIpc) is 2.77. The number of carbonyl (C=O) groups excluding carboxylic acids is 1. The Morgan fingerprint density at radius 3 is 2.48 bits per heavy atom. The van der Waals surface area contributed by atoms with E-state index in [-0.39, 0.29) is 32.8 Å². The number of sulfone groups is 1. The summed E-state index contributed by atoms with van der Waals surface area (Å²) in [5, 5.41) is 14.7. The fourth-order valence-electron chi connectivity index (χ4n) is 3.84. The number of anilines is 1. The molecule has 0 spiro atoms. The van der Waals surface area contributed by atoms with Gasteiger partial charge in [-0.2, -0.15) is 0 Å². The van der Waals surface area contributed by atoms with Gasteiger partial charge in [-0.3, -0.25) is 14.9 Å². The highest BCUT2D eigenvalue weighted by Gasteiger charge is 2.27. The van der Waals surface area contributed by atoms with Gasteiger partial charge in [0.1, 0.15) is 5.69 Å². The van der Waals surface area contributed by atoms with Crippen molar-refractivity contribution in [2.24, 2.45) is 11.7 Å². The third-order valence-corrected chi connectivity index (χ3v) is 7.44. The van der Waals surface area contributed by atoms with Crippen LogP contribution in [-0.2, 0) is 14.6 Å². The number of rotatable bonds is 8. The molecule has 1 aliphatic rings. The predicted octanol–water partition coefficient (Wildman–Crippen LogP) is 3.14. The zero-order valence-corrected chi connectivity index (χ0v) is 17.9. The van der Waals surface area contributed by atoms with Crippen LogP contribution in [-0.4, -0.2) is 39.0 Å². The molecular weight excluding hydrogens is 422 g/mol. The second-order valence-electron chi connectivity index (χ2n) is 7.56. The number of benzene rings is 2. The van der Waals surface area contributed by atoms with Gasteiger partial charge in [-0.25, -0.2) is 8.42 Å². The largest absolute Gasteiger partial charge is 0.381 e. The molecule has 9 nitrogen and oxygen atoms in total. The van der Waals surface area contributed by atoms with E-state index in [4.69, 9.17) is 10.5 Å². The molecule has 3 rings (SSSR count). The maximum Gasteiger partial charge on any atom is 0.293 e. The molecule has 0 aliphatic heterocycles. The zero-order chi connectivity index (χ0) is 22.6. The molecule has 0 bridgehead atoms. The van der Waals surface area contributed by atoms with Crippen molar-refractivity contribution in [3.63, 3.8) is 0 Å². The molecule has 2 aromatic carbocycles. The van der Waals surface area contributed by atoms with Crippen LogP contribution in [0.2, 0.25) is 0 Å². The van der Waals surface area contributed by atoms with Crippen LogP contribution in [0.4, 0.5) is 11.4 Å². The van der Waals surface area contributed by atoms with Gasteiger partial charge in [0.15, 0.2) is 0 Å². The number of hydrogen-bond acceptors (Lipinski definition) is 7. The minimum absolute atomic E-state index is 0.168. The zero-order valence-electron chi connectivity index (χ0n) is 17.1. The van der Waals surface area contributed by atoms with Crippen molar-refractivity contribution in [3.8, 4) is 0 Å². The number of primary amides is 1. The van der Waals surface area contributed by atoms with Gasteiger partial charge < -0.3 is 15.8 Å². The smallest absolute Gasteiger partial charge is 0.293 e. The summed E-state index contributed by atoms with van der Waals surface area (Å²) in [6.07, 6.45) is 4.06. The van der Waals surface area contributed by atoms with Gasteiger partial charge in [-0.15, -0.1) is 0 Å². The first kappa shape index (κ1) is 22.7. The van der Waals surface area contributed by atoms with Crippen LogP contribution in [0.3, 0.4) is 0 Å². The van der Waals surface area contributed by atoms with E-state index in [1.165, 1.54) is 36.4 Å². The molecule has 10 heteroatoms. The summed E-state index contributed by atoms with van der Waals surface area (Å²) >= 11 is 0. The number of methoxy groups -OCH3 is 1. The van der Waals surface area contributed by atoms with Crippen molar-refractivity contribution in [2.45, 2.75) is 41.6 Å². The monoisotopic (exact) mass is 447 g/mol. The van der Waals surface area contributed by atoms with Crippen LogP contribution in [0.1, 0.15) is 36.0 Å². The van der Waals surface area contributed by atoms with Crippen molar-refractivity contribution in [1.82, 2.24) is 0 Å². The minimum atomic E-state index is -4.18. The van der Waals surface area contributed by atoms with Gasteiger partial charge >= 0.3 is 0 Å². The number of nitrogens with one attached hydrogen (secondary N) is 1. The Morgan fingerprint density at radius 2 is 1.87 bits per heavy atom. The lowest BCUT2D eigenvalue weighted by atomic mass is 9.87. The van der Waals surface area contributed by atoms with E-state index in [1.54, 1.807) is 7.11 Å². The van der Waals surface area contributed by atoms with Gasteiger partial charge in [-0.05, 0) is 55.9 Å². The van der Waals surface area contributed by atoms with E-state index in [2.05, 4.69) is 5.32 Å². The van der Waals surface area contributed by atoms with Gasteiger partial charge in [0.05, 0.1) is 26.4 Å². The molecule has 1 fully saturated rings. The Balaban J connectivity index is 1.85. The Morgan fingerprint density at radius 1 is 1.19 bits per heavy atom. The maximum absolute atomic E-state index is 13.0. The Bertz CT molecular complexity index is 1080. The summed E-state index contributed by atoms with van der Waals surface area (Å²) in [4.78, 5) is 22.1. The lowest BCUT2D eigenvalue weighted by molar-refractivity contribution is -0.384. The molecule has 3 N–H and O–H groups in total. The number of hydrogen-bond donors (Lipinski definition) is 2. The Kier molecular flexibility index (Phi) is 6.91. The molecule has 0 aromatic heterocycles. The lowest BCUT2D eigenvalue weighted by Gasteiger charge is -2.27. The summed E-state index contributed by atoms with van der Waals surface area (Å²) in [7, 11) is -2.48. The van der Waals surface area contributed by atoms with Gasteiger partial charge in [-0.1, -0.05) is 12.1 Å². The molecule has 0 heterocycles. The fourth-order valence-corrected chi connectivity index (χ4v) is 5.32. The predicted molar refractivity (Wildman–Crippen MR) is 115 cm³/mol. The van der Waals surface area contributed by atoms with Crippen molar-refractivity contribution in [1.29, 1.82) is 0 Å². The molecule has 0 radical (unpaired) electrons. The van der Waals surface area contributed by atoms with Crippen LogP contribution in [0.25, 0.3) is 0 Å². The summed E-state index contributed by atoms with van der Waals surface area (Å²) in [6, 6.07) is 9.21. The van der Waals surface area contributed by atoms with Crippen LogP contribution in [0.5, 0.6) is 0 Å². The molecule has 166 valence electrons. The maximum atomic E-state index is 13.0. The fraction of sp³-hybridized carbons (Fsp3) is 0.381. The van der Waals surface area contributed by atoms with E-state index < -0.39 is 20.7 Å². The van der Waals surface area contributed by atoms with Crippen molar-refractivity contribution >= 4 is 27.1 Å². The van der Waals surface area contributed by atoms with Gasteiger partial charge in [0.25, 0.3) is 5.69 Å². The molecule has 0 unspecified atom stereocenters. The summed E-state index contributed by atoms with van der Waals surface area (Å²) < 4.78 is 31.5. The van der Waals surface area contributed by atoms with Crippen LogP contribution in [0.15, 0.2) is 52.3 Å². The van der Waals surface area contributed by atoms with Crippen molar-refractivity contribution in [2.75, 3.05) is 19.0 Å². The molecule has 2 aromatic rings. The van der Waals surface area contributed by atoms with Crippen LogP contribution >= 0.6 is 0 Å². The van der Waals surface area contributed by atoms with E-state index in [0.29, 0.717) is 12.5 Å². The van der Waals surface area contributed by atoms with Crippen LogP contribution < -0.4 is 11.1 Å². The van der Waals surface area contributed by atoms with E-state index >= 15 is 0 Å². The molecule has 0 saturated heterocycles. The standard InChI is InChI=1S/C21H25N3O6S/c1-30-15-8-6-14(7-9-15)13-23-18-11-10-16(12-19(18)24(26)27)31(28,29)20-5-3-2-4-17(20)21(22)25/h2-5,10-12,14-15,23H,6-9,13H2,1H3,(H2,22,25). The molecule has 1 saturated carbocycles. The number of carbonyl (C=O) groups is 1. The van der Waals surface area contributed by atoms with E-state index in [0.717, 1.165) is 31.7 Å². The normalized spacial score (nSPS) is 19.0. The number of nitrogens with two attached hydrogens (primary N) is 1. The second-order valence-corrected chi connectivity index (χ2v) is 9.48. The highest BCUT2D eigenvalue weighted by molar-refractivity contribution is 7.91. The van der Waals surface area contributed by atoms with Crippen molar-refractivity contribution in [3.05, 3.63) is 58.1 Å². The van der Waals surface area contributed by atoms with Gasteiger partial charge in [0, 0.05) is 19.7 Å². The topological polar surface area (TPSA) is 142 Å². The number of amides is 1. The number of nitrogens with zero attached hydrogens (tertiary/aromatic N) is 1. The van der Waals surface area contributed by atoms with Crippen molar-refractivity contribution < 1.29 is 22.9 Å². The third-order valence-electron chi connectivity index (χ3n) is 5.63. The molecular formula is C21H25N3O6S. The first-order valence-electron chi connectivity index (χ1n) is 9.93. The average molecular weight is 448 g/mol. The van der Waals surface area contributed by atoms with Crippen LogP contribution in [0, 0.1) is 16.0 Å². The molecule has 1 amide bonds. The Labute approximate surface area is 180 Å². The summed E-state index contributed by atoms with van der Waals surface area (Å²) in [5.41, 5.74) is 5.03. The molecule has 0 atom stereocenters. The highest BCUT2D eigenvalue weighted by Crippen LogP contribution is 2.33. The van der Waals surface area contributed by atoms with E-state index in [1.807, 2.05) is 0 Å². The summed E-state index contributed by atoms with van der Waals surface area (Å²) in [5.74, 6) is -0.535. The summed E-state index contributed by atoms with van der Waals surface area (Å²) in [6.45, 7) is 0.549. The molecule has 31 heavy (non-hydrogen) atoms. The first-order chi connectivity index (χ1) is 14.7. The molecule has 1 aliphatic carbocycles. The number of ether oxygens (including phenoxy) is 1. The minimum Gasteiger partial charge on any atom is -0.381 e. The third kappa shape index (κ3) is 5.02. The lowest BCUT2D eigenvalue weighted by Crippen LogP contribution is -2.25. The SMILES string of the molecule is COC1CCC(CNc2ccc(S(=O)(=O)c3ccccc3C(N)=O)cc2[N+](=O)[O-])CC1.